The van der Waals surface area contributed by atoms with Gasteiger partial charge in [-0.25, -0.2) is 0 Å². The predicted octanol–water partition coefficient (Wildman–Crippen LogP) is 2.73. The first-order valence-electron chi connectivity index (χ1n) is 6.60. The fraction of sp³-hybridized carbons (Fsp3) is 0.857. The van der Waals surface area contributed by atoms with Crippen LogP contribution in [0.1, 0.15) is 52.4 Å². The van der Waals surface area contributed by atoms with Crippen molar-refractivity contribution in [3.8, 4) is 12.3 Å². The Balaban J connectivity index is 2.66. The van der Waals surface area contributed by atoms with Crippen molar-refractivity contribution in [1.29, 1.82) is 0 Å². The number of likely N-dealkylation sites (N-methyl/N-ethyl adjacent to an activating group) is 1. The van der Waals surface area contributed by atoms with Crippen molar-refractivity contribution in [3.05, 3.63) is 0 Å². The molecule has 0 aromatic heterocycles. The number of hydrogen-bond acceptors (Lipinski definition) is 2. The smallest absolute Gasteiger partial charge is 0.0834 e. The Morgan fingerprint density at radius 1 is 1.38 bits per heavy atom. The monoisotopic (exact) mass is 223 g/mol. The maximum absolute atomic E-state index is 6.07. The topological polar surface area (TPSA) is 21.3 Å². The lowest BCUT2D eigenvalue weighted by Crippen LogP contribution is -2.51. The molecule has 16 heavy (non-hydrogen) atoms. The van der Waals surface area contributed by atoms with E-state index < -0.39 is 0 Å². The molecule has 1 rings (SSSR count). The molecular formula is C14H25NO. The zero-order valence-corrected chi connectivity index (χ0v) is 10.7. The Hall–Kier alpha value is -0.520. The summed E-state index contributed by atoms with van der Waals surface area (Å²) < 4.78 is 6.07. The van der Waals surface area contributed by atoms with Crippen LogP contribution in [0.2, 0.25) is 0 Å². The third-order valence-corrected chi connectivity index (χ3v) is 3.54. The van der Waals surface area contributed by atoms with Crippen molar-refractivity contribution < 1.29 is 4.74 Å². The molecule has 2 heteroatoms. The highest BCUT2D eigenvalue weighted by atomic mass is 16.5. The van der Waals surface area contributed by atoms with Crippen molar-refractivity contribution in [1.82, 2.24) is 5.32 Å². The molecule has 0 bridgehead atoms. The predicted molar refractivity (Wildman–Crippen MR) is 68.4 cm³/mol. The third kappa shape index (κ3) is 3.23. The lowest BCUT2D eigenvalue weighted by Gasteiger charge is -2.37. The van der Waals surface area contributed by atoms with Crippen LogP contribution in [0.4, 0.5) is 0 Å². The molecule has 92 valence electrons. The molecule has 1 aliphatic carbocycles. The van der Waals surface area contributed by atoms with Crippen molar-refractivity contribution in [2.45, 2.75) is 64.0 Å². The maximum Gasteiger partial charge on any atom is 0.0834 e. The van der Waals surface area contributed by atoms with Crippen LogP contribution in [0, 0.1) is 12.3 Å². The molecular weight excluding hydrogens is 198 g/mol. The quantitative estimate of drug-likeness (QED) is 0.670. The summed E-state index contributed by atoms with van der Waals surface area (Å²) >= 11 is 0. The highest BCUT2D eigenvalue weighted by Crippen LogP contribution is 2.37. The molecule has 0 heterocycles. The summed E-state index contributed by atoms with van der Waals surface area (Å²) in [4.78, 5) is 0. The van der Waals surface area contributed by atoms with Gasteiger partial charge in [0.1, 0.15) is 0 Å². The Kier molecular flexibility index (Phi) is 5.87. The van der Waals surface area contributed by atoms with Gasteiger partial charge >= 0.3 is 0 Å². The lowest BCUT2D eigenvalue weighted by molar-refractivity contribution is -0.0625. The van der Waals surface area contributed by atoms with Gasteiger partial charge in [-0.05, 0) is 32.7 Å². The first-order valence-corrected chi connectivity index (χ1v) is 6.60. The summed E-state index contributed by atoms with van der Waals surface area (Å²) in [5, 5.41) is 3.56. The molecule has 2 nitrogen and oxygen atoms in total. The summed E-state index contributed by atoms with van der Waals surface area (Å²) in [6.45, 7) is 6.03. The fourth-order valence-electron chi connectivity index (χ4n) is 2.88. The number of rotatable bonds is 7. The van der Waals surface area contributed by atoms with Gasteiger partial charge in [-0.3, -0.25) is 0 Å². The van der Waals surface area contributed by atoms with Gasteiger partial charge in [-0.15, -0.1) is 12.3 Å². The zero-order chi connectivity index (χ0) is 11.9. The third-order valence-electron chi connectivity index (χ3n) is 3.54. The normalized spacial score (nSPS) is 20.6. The lowest BCUT2D eigenvalue weighted by atomic mass is 9.88. The van der Waals surface area contributed by atoms with E-state index >= 15 is 0 Å². The van der Waals surface area contributed by atoms with E-state index in [4.69, 9.17) is 11.2 Å². The molecule has 0 amide bonds. The van der Waals surface area contributed by atoms with Gasteiger partial charge < -0.3 is 10.1 Å². The van der Waals surface area contributed by atoms with Crippen molar-refractivity contribution in [2.24, 2.45) is 0 Å². The van der Waals surface area contributed by atoms with Crippen LogP contribution >= 0.6 is 0 Å². The summed E-state index contributed by atoms with van der Waals surface area (Å²) in [6, 6.07) is 0.427. The average Bonchev–Trinajstić information content (AvgIpc) is 2.74. The molecule has 1 saturated carbocycles. The van der Waals surface area contributed by atoms with Crippen LogP contribution < -0.4 is 5.32 Å². The highest BCUT2D eigenvalue weighted by molar-refractivity contribution is 4.99. The maximum atomic E-state index is 6.07. The van der Waals surface area contributed by atoms with Crippen molar-refractivity contribution in [2.75, 3.05) is 13.2 Å². The number of terminal acetylenes is 1. The van der Waals surface area contributed by atoms with Gasteiger partial charge in [-0.2, -0.15) is 0 Å². The van der Waals surface area contributed by atoms with Gasteiger partial charge in [0.25, 0.3) is 0 Å². The molecule has 1 fully saturated rings. The van der Waals surface area contributed by atoms with Crippen LogP contribution in [-0.4, -0.2) is 24.8 Å². The second-order valence-corrected chi connectivity index (χ2v) is 4.56. The van der Waals surface area contributed by atoms with Crippen LogP contribution in [-0.2, 0) is 4.74 Å². The Bertz CT molecular complexity index is 225. The standard InChI is InChI=1S/C14H25NO/c1-4-7-10-13(15-5-2)14(16-6-3)11-8-9-12-14/h1,13,15H,5-12H2,2-3H3. The summed E-state index contributed by atoms with van der Waals surface area (Å²) in [7, 11) is 0. The molecule has 0 aromatic carbocycles. The van der Waals surface area contributed by atoms with Crippen LogP contribution in [0.25, 0.3) is 0 Å². The number of hydrogen-bond donors (Lipinski definition) is 1. The van der Waals surface area contributed by atoms with Crippen LogP contribution in [0.5, 0.6) is 0 Å². The van der Waals surface area contributed by atoms with Crippen LogP contribution in [0.3, 0.4) is 0 Å². The Morgan fingerprint density at radius 2 is 2.06 bits per heavy atom. The molecule has 0 radical (unpaired) electrons. The van der Waals surface area contributed by atoms with Crippen LogP contribution in [0.15, 0.2) is 0 Å². The van der Waals surface area contributed by atoms with Gasteiger partial charge in [-0.1, -0.05) is 19.8 Å². The van der Waals surface area contributed by atoms with E-state index in [1.165, 1.54) is 25.7 Å². The van der Waals surface area contributed by atoms with Crippen molar-refractivity contribution in [3.63, 3.8) is 0 Å². The largest absolute Gasteiger partial charge is 0.374 e. The Morgan fingerprint density at radius 3 is 2.56 bits per heavy atom. The van der Waals surface area contributed by atoms with E-state index in [0.29, 0.717) is 6.04 Å². The molecule has 0 aromatic rings. The van der Waals surface area contributed by atoms with Gasteiger partial charge in [0, 0.05) is 19.1 Å². The highest BCUT2D eigenvalue weighted by Gasteiger charge is 2.41. The second-order valence-electron chi connectivity index (χ2n) is 4.56. The minimum absolute atomic E-state index is 0.0572. The van der Waals surface area contributed by atoms with E-state index in [9.17, 15) is 0 Å². The molecule has 1 N–H and O–H groups in total. The average molecular weight is 223 g/mol. The van der Waals surface area contributed by atoms with E-state index in [1.54, 1.807) is 0 Å². The summed E-state index contributed by atoms with van der Waals surface area (Å²) in [6.07, 6.45) is 12.2. The van der Waals surface area contributed by atoms with Gasteiger partial charge in [0.2, 0.25) is 0 Å². The van der Waals surface area contributed by atoms with Gasteiger partial charge in [0.15, 0.2) is 0 Å². The second kappa shape index (κ2) is 6.93. The number of ether oxygens (including phenoxy) is 1. The van der Waals surface area contributed by atoms with Gasteiger partial charge in [0.05, 0.1) is 5.60 Å². The molecule has 0 spiro atoms. The number of nitrogens with one attached hydrogen (secondary N) is 1. The zero-order valence-electron chi connectivity index (χ0n) is 10.7. The minimum atomic E-state index is 0.0572. The molecule has 0 aliphatic heterocycles. The van der Waals surface area contributed by atoms with E-state index in [0.717, 1.165) is 26.0 Å². The van der Waals surface area contributed by atoms with Crippen molar-refractivity contribution >= 4 is 0 Å². The molecule has 1 unspecified atom stereocenters. The molecule has 1 atom stereocenters. The molecule has 0 saturated heterocycles. The molecule has 1 aliphatic rings. The Labute approximate surface area is 100 Å². The summed E-state index contributed by atoms with van der Waals surface area (Å²) in [5.74, 6) is 2.74. The van der Waals surface area contributed by atoms with E-state index in [1.807, 2.05) is 0 Å². The minimum Gasteiger partial charge on any atom is -0.374 e. The van der Waals surface area contributed by atoms with E-state index in [2.05, 4.69) is 25.1 Å². The first-order chi connectivity index (χ1) is 7.79. The summed E-state index contributed by atoms with van der Waals surface area (Å²) in [5.41, 5.74) is 0.0572. The fourth-order valence-corrected chi connectivity index (χ4v) is 2.88. The SMILES string of the molecule is C#CCCC(NCC)C1(OCC)CCCC1. The van der Waals surface area contributed by atoms with E-state index in [-0.39, 0.29) is 5.60 Å². The first kappa shape index (κ1) is 13.5.